The first-order chi connectivity index (χ1) is 11.8. The van der Waals surface area contributed by atoms with E-state index in [0.717, 1.165) is 0 Å². The molecule has 2 aromatic heterocycles. The van der Waals surface area contributed by atoms with E-state index >= 15 is 0 Å². The zero-order valence-electron chi connectivity index (χ0n) is 14.5. The predicted octanol–water partition coefficient (Wildman–Crippen LogP) is 7.95. The van der Waals surface area contributed by atoms with Crippen LogP contribution in [0.15, 0.2) is 36.4 Å². The number of hydrogen-bond donors (Lipinski definition) is 0. The van der Waals surface area contributed by atoms with E-state index in [9.17, 15) is 0 Å². The Bertz CT molecular complexity index is 906. The van der Waals surface area contributed by atoms with Gasteiger partial charge in [0.05, 0.1) is 9.40 Å². The van der Waals surface area contributed by atoms with Crippen LogP contribution in [0, 0.1) is 0 Å². The van der Waals surface area contributed by atoms with Crippen LogP contribution in [0.4, 0.5) is 0 Å². The van der Waals surface area contributed by atoms with E-state index in [-0.39, 0.29) is 0 Å². The molecule has 0 amide bonds. The molecule has 0 spiro atoms. The van der Waals surface area contributed by atoms with Gasteiger partial charge in [-0.3, -0.25) is 0 Å². The van der Waals surface area contributed by atoms with Crippen molar-refractivity contribution in [2.45, 2.75) is 52.4 Å². The standard InChI is InChI=1S/C22H24S2/c1-3-5-7-15-9-11-17-19(13-15)23-22-18-12-10-16(8-6-4-2)14-20(18)24-21(17)22/h9-14H,3-8H2,1-2H3. The van der Waals surface area contributed by atoms with E-state index in [2.05, 4.69) is 50.2 Å². The van der Waals surface area contributed by atoms with Gasteiger partial charge in [-0.15, -0.1) is 22.7 Å². The van der Waals surface area contributed by atoms with Crippen molar-refractivity contribution in [1.29, 1.82) is 0 Å². The van der Waals surface area contributed by atoms with Gasteiger partial charge >= 0.3 is 0 Å². The summed E-state index contributed by atoms with van der Waals surface area (Å²) in [5, 5.41) is 2.90. The van der Waals surface area contributed by atoms with Crippen LogP contribution in [0.5, 0.6) is 0 Å². The molecule has 24 heavy (non-hydrogen) atoms. The highest BCUT2D eigenvalue weighted by Gasteiger charge is 2.12. The third-order valence-corrected chi connectivity index (χ3v) is 7.35. The molecule has 0 aliphatic carbocycles. The summed E-state index contributed by atoms with van der Waals surface area (Å²) in [7, 11) is 0. The average Bonchev–Trinajstić information content (AvgIpc) is 3.13. The van der Waals surface area contributed by atoms with Gasteiger partial charge in [0, 0.05) is 20.2 Å². The van der Waals surface area contributed by atoms with Crippen LogP contribution in [0.2, 0.25) is 0 Å². The Balaban J connectivity index is 1.79. The van der Waals surface area contributed by atoms with Crippen molar-refractivity contribution < 1.29 is 0 Å². The molecule has 4 aromatic rings. The summed E-state index contributed by atoms with van der Waals surface area (Å²) in [5.74, 6) is 0. The van der Waals surface area contributed by atoms with Gasteiger partial charge in [0.1, 0.15) is 0 Å². The Kier molecular flexibility index (Phi) is 4.60. The number of thiophene rings is 2. The molecular weight excluding hydrogens is 328 g/mol. The maximum absolute atomic E-state index is 2.42. The molecule has 2 aromatic carbocycles. The van der Waals surface area contributed by atoms with Gasteiger partial charge in [-0.25, -0.2) is 0 Å². The summed E-state index contributed by atoms with van der Waals surface area (Å²) in [6.07, 6.45) is 7.52. The summed E-state index contributed by atoms with van der Waals surface area (Å²) in [6.45, 7) is 4.53. The lowest BCUT2D eigenvalue weighted by molar-refractivity contribution is 0.796. The summed E-state index contributed by atoms with van der Waals surface area (Å²) in [6, 6.07) is 14.2. The van der Waals surface area contributed by atoms with Gasteiger partial charge < -0.3 is 0 Å². The number of fused-ring (bicyclic) bond motifs is 5. The number of aryl methyl sites for hydroxylation is 2. The van der Waals surface area contributed by atoms with Crippen LogP contribution in [0.25, 0.3) is 29.6 Å². The van der Waals surface area contributed by atoms with Gasteiger partial charge in [-0.05, 0) is 48.9 Å². The van der Waals surface area contributed by atoms with Crippen molar-refractivity contribution in [3.63, 3.8) is 0 Å². The Morgan fingerprint density at radius 1 is 0.667 bits per heavy atom. The van der Waals surface area contributed by atoms with Crippen LogP contribution in [-0.4, -0.2) is 0 Å². The minimum Gasteiger partial charge on any atom is -0.134 e. The summed E-state index contributed by atoms with van der Waals surface area (Å²) >= 11 is 3.96. The normalized spacial score (nSPS) is 11.9. The molecule has 0 fully saturated rings. The molecule has 0 nitrogen and oxygen atoms in total. The van der Waals surface area contributed by atoms with Crippen LogP contribution in [0.3, 0.4) is 0 Å². The molecule has 0 saturated heterocycles. The molecule has 0 radical (unpaired) electrons. The minimum absolute atomic E-state index is 1.21. The summed E-state index contributed by atoms with van der Waals surface area (Å²) in [4.78, 5) is 0. The van der Waals surface area contributed by atoms with E-state index in [1.165, 1.54) is 79.2 Å². The second kappa shape index (κ2) is 6.85. The molecule has 0 bridgehead atoms. The first kappa shape index (κ1) is 16.1. The highest BCUT2D eigenvalue weighted by atomic mass is 32.1. The molecule has 2 heteroatoms. The average molecular weight is 353 g/mol. The first-order valence-corrected chi connectivity index (χ1v) is 10.8. The van der Waals surface area contributed by atoms with Crippen LogP contribution >= 0.6 is 22.7 Å². The second-order valence-corrected chi connectivity index (χ2v) is 8.83. The SMILES string of the molecule is CCCCc1ccc2c(c1)sc1c3ccc(CCCC)cc3sc21. The van der Waals surface area contributed by atoms with Crippen molar-refractivity contribution in [2.75, 3.05) is 0 Å². The largest absolute Gasteiger partial charge is 0.134 e. The maximum atomic E-state index is 2.42. The highest BCUT2D eigenvalue weighted by Crippen LogP contribution is 2.44. The lowest BCUT2D eigenvalue weighted by Crippen LogP contribution is -1.83. The Labute approximate surface area is 152 Å². The van der Waals surface area contributed by atoms with Crippen molar-refractivity contribution in [3.05, 3.63) is 47.5 Å². The lowest BCUT2D eigenvalue weighted by Gasteiger charge is -2.00. The minimum atomic E-state index is 1.21. The molecule has 4 rings (SSSR count). The van der Waals surface area contributed by atoms with E-state index < -0.39 is 0 Å². The number of rotatable bonds is 6. The fourth-order valence-corrected chi connectivity index (χ4v) is 6.20. The van der Waals surface area contributed by atoms with E-state index in [0.29, 0.717) is 0 Å². The molecule has 0 aliphatic heterocycles. The number of benzene rings is 2. The van der Waals surface area contributed by atoms with Crippen molar-refractivity contribution in [1.82, 2.24) is 0 Å². The molecule has 2 heterocycles. The van der Waals surface area contributed by atoms with Gasteiger partial charge in [0.25, 0.3) is 0 Å². The Morgan fingerprint density at radius 2 is 1.12 bits per heavy atom. The van der Waals surface area contributed by atoms with Crippen molar-refractivity contribution >= 4 is 52.2 Å². The predicted molar refractivity (Wildman–Crippen MR) is 112 cm³/mol. The first-order valence-electron chi connectivity index (χ1n) is 9.16. The number of unbranched alkanes of at least 4 members (excludes halogenated alkanes) is 2. The summed E-state index contributed by atoms with van der Waals surface area (Å²) in [5.41, 5.74) is 2.98. The topological polar surface area (TPSA) is 0 Å². The lowest BCUT2D eigenvalue weighted by atomic mass is 10.1. The van der Waals surface area contributed by atoms with Gasteiger partial charge in [-0.1, -0.05) is 51.0 Å². The van der Waals surface area contributed by atoms with Crippen LogP contribution < -0.4 is 0 Å². The Hall–Kier alpha value is -1.38. The molecule has 0 N–H and O–H groups in total. The molecule has 124 valence electrons. The summed E-state index contributed by atoms with van der Waals surface area (Å²) < 4.78 is 5.89. The molecule has 0 saturated carbocycles. The van der Waals surface area contributed by atoms with Crippen LogP contribution in [-0.2, 0) is 12.8 Å². The van der Waals surface area contributed by atoms with Gasteiger partial charge in [0.2, 0.25) is 0 Å². The van der Waals surface area contributed by atoms with Crippen LogP contribution in [0.1, 0.15) is 50.7 Å². The number of hydrogen-bond acceptors (Lipinski definition) is 2. The molecular formula is C22H24S2. The second-order valence-electron chi connectivity index (χ2n) is 6.73. The van der Waals surface area contributed by atoms with Crippen molar-refractivity contribution in [3.8, 4) is 0 Å². The molecule has 0 atom stereocenters. The Morgan fingerprint density at radius 3 is 1.54 bits per heavy atom. The van der Waals surface area contributed by atoms with Crippen molar-refractivity contribution in [2.24, 2.45) is 0 Å². The van der Waals surface area contributed by atoms with Gasteiger partial charge in [-0.2, -0.15) is 0 Å². The zero-order valence-corrected chi connectivity index (χ0v) is 16.2. The van der Waals surface area contributed by atoms with Gasteiger partial charge in [0.15, 0.2) is 0 Å². The smallest absolute Gasteiger partial charge is 0.0542 e. The fraction of sp³-hybridized carbons (Fsp3) is 0.364. The quantitative estimate of drug-likeness (QED) is 0.330. The zero-order chi connectivity index (χ0) is 16.5. The van der Waals surface area contributed by atoms with E-state index in [1.54, 1.807) is 0 Å². The molecule has 0 unspecified atom stereocenters. The van der Waals surface area contributed by atoms with E-state index in [1.807, 2.05) is 22.7 Å². The molecule has 0 aliphatic rings. The monoisotopic (exact) mass is 352 g/mol. The van der Waals surface area contributed by atoms with E-state index in [4.69, 9.17) is 0 Å². The fourth-order valence-electron chi connectivity index (χ4n) is 3.42. The maximum Gasteiger partial charge on any atom is 0.0542 e. The highest BCUT2D eigenvalue weighted by molar-refractivity contribution is 7.36. The third kappa shape index (κ3) is 2.87. The third-order valence-electron chi connectivity index (χ3n) is 4.85.